The number of benzene rings is 3. The maximum Gasteiger partial charge on any atom is 0.338 e. The zero-order valence-corrected chi connectivity index (χ0v) is 23.4. The van der Waals surface area contributed by atoms with E-state index >= 15 is 0 Å². The first-order valence-corrected chi connectivity index (χ1v) is 14.9. The standard InChI is InChI=1S/C30H32N4O6S/c1-2-40-30(36)21-7-13-25(14-8-21)41(37,38)33-28(19-22-20-31-27-6-4-3-5-26(22)27)29(35)32-23-9-11-24(12-10-23)34-15-17-39-18-16-34/h3-14,20,28,31,33H,2,15-19H2,1H3,(H,32,35)/t28-/m0/s1. The first kappa shape index (κ1) is 28.3. The summed E-state index contributed by atoms with van der Waals surface area (Å²) >= 11 is 0. The molecule has 3 N–H and O–H groups in total. The lowest BCUT2D eigenvalue weighted by Gasteiger charge is -2.29. The van der Waals surface area contributed by atoms with Crippen molar-refractivity contribution in [2.24, 2.45) is 0 Å². The van der Waals surface area contributed by atoms with Crippen LogP contribution in [0.25, 0.3) is 10.9 Å². The highest BCUT2D eigenvalue weighted by Crippen LogP contribution is 2.22. The summed E-state index contributed by atoms with van der Waals surface area (Å²) in [6, 6.07) is 19.4. The summed E-state index contributed by atoms with van der Waals surface area (Å²) in [5.74, 6) is -1.04. The van der Waals surface area contributed by atoms with Crippen LogP contribution in [0.2, 0.25) is 0 Å². The van der Waals surface area contributed by atoms with Gasteiger partial charge in [0.1, 0.15) is 6.04 Å². The van der Waals surface area contributed by atoms with E-state index in [1.54, 1.807) is 25.3 Å². The summed E-state index contributed by atoms with van der Waals surface area (Å²) in [7, 11) is -4.12. The van der Waals surface area contributed by atoms with Crippen LogP contribution >= 0.6 is 0 Å². The number of ether oxygens (including phenoxy) is 2. The van der Waals surface area contributed by atoms with Gasteiger partial charge in [-0.2, -0.15) is 4.72 Å². The van der Waals surface area contributed by atoms with Crippen molar-refractivity contribution in [1.82, 2.24) is 9.71 Å². The second kappa shape index (κ2) is 12.5. The molecular formula is C30H32N4O6S. The third-order valence-corrected chi connectivity index (χ3v) is 8.39. The Hall–Kier alpha value is -4.19. The van der Waals surface area contributed by atoms with Gasteiger partial charge in [0, 0.05) is 41.6 Å². The minimum Gasteiger partial charge on any atom is -0.462 e. The average molecular weight is 577 g/mol. The Morgan fingerprint density at radius 3 is 2.41 bits per heavy atom. The number of anilines is 2. The maximum absolute atomic E-state index is 13.5. The number of aromatic amines is 1. The molecule has 0 spiro atoms. The number of nitrogens with zero attached hydrogens (tertiary/aromatic N) is 1. The number of morpholine rings is 1. The molecule has 214 valence electrons. The lowest BCUT2D eigenvalue weighted by molar-refractivity contribution is -0.117. The van der Waals surface area contributed by atoms with Gasteiger partial charge in [0.2, 0.25) is 15.9 Å². The second-order valence-electron chi connectivity index (χ2n) is 9.62. The van der Waals surface area contributed by atoms with Gasteiger partial charge >= 0.3 is 5.97 Å². The Balaban J connectivity index is 1.37. The summed E-state index contributed by atoms with van der Waals surface area (Å²) in [6.07, 6.45) is 1.90. The van der Waals surface area contributed by atoms with Crippen LogP contribution in [0, 0.1) is 0 Å². The van der Waals surface area contributed by atoms with Gasteiger partial charge in [-0.3, -0.25) is 4.79 Å². The topological polar surface area (TPSA) is 130 Å². The number of fused-ring (bicyclic) bond motifs is 1. The number of aromatic nitrogens is 1. The van der Waals surface area contributed by atoms with Gasteiger partial charge in [-0.25, -0.2) is 13.2 Å². The molecule has 0 unspecified atom stereocenters. The third kappa shape index (κ3) is 6.76. The molecule has 1 amide bonds. The van der Waals surface area contributed by atoms with Gasteiger partial charge in [-0.15, -0.1) is 0 Å². The van der Waals surface area contributed by atoms with Crippen LogP contribution in [0.15, 0.2) is 83.9 Å². The number of carbonyl (C=O) groups is 2. The first-order valence-electron chi connectivity index (χ1n) is 13.4. The highest BCUT2D eigenvalue weighted by atomic mass is 32.2. The van der Waals surface area contributed by atoms with Crippen LogP contribution in [-0.4, -0.2) is 64.2 Å². The lowest BCUT2D eigenvalue weighted by atomic mass is 10.0. The Morgan fingerprint density at radius 2 is 1.71 bits per heavy atom. The van der Waals surface area contributed by atoms with Gasteiger partial charge in [-0.05, 0) is 73.5 Å². The number of nitrogens with one attached hydrogen (secondary N) is 3. The molecule has 0 aliphatic carbocycles. The van der Waals surface area contributed by atoms with Crippen LogP contribution in [0.4, 0.5) is 11.4 Å². The highest BCUT2D eigenvalue weighted by molar-refractivity contribution is 7.89. The van der Waals surface area contributed by atoms with Crippen molar-refractivity contribution in [2.75, 3.05) is 43.1 Å². The number of para-hydroxylation sites is 1. The Morgan fingerprint density at radius 1 is 1.00 bits per heavy atom. The SMILES string of the molecule is CCOC(=O)c1ccc(S(=O)(=O)N[C@@H](Cc2c[nH]c3ccccc23)C(=O)Nc2ccc(N3CCOCC3)cc2)cc1. The van der Waals surface area contributed by atoms with Crippen molar-refractivity contribution in [3.63, 3.8) is 0 Å². The minimum atomic E-state index is -4.12. The average Bonchev–Trinajstić information content (AvgIpc) is 3.40. The predicted molar refractivity (Wildman–Crippen MR) is 157 cm³/mol. The van der Waals surface area contributed by atoms with E-state index in [4.69, 9.17) is 9.47 Å². The molecule has 1 aliphatic heterocycles. The fourth-order valence-electron chi connectivity index (χ4n) is 4.75. The van der Waals surface area contributed by atoms with Gasteiger partial charge in [-0.1, -0.05) is 18.2 Å². The van der Waals surface area contributed by atoms with Crippen LogP contribution < -0.4 is 14.9 Å². The number of sulfonamides is 1. The first-order chi connectivity index (χ1) is 19.8. The predicted octanol–water partition coefficient (Wildman–Crippen LogP) is 3.71. The molecule has 10 nitrogen and oxygen atoms in total. The number of hydrogen-bond acceptors (Lipinski definition) is 7. The largest absolute Gasteiger partial charge is 0.462 e. The lowest BCUT2D eigenvalue weighted by Crippen LogP contribution is -2.45. The molecule has 2 heterocycles. The molecule has 41 heavy (non-hydrogen) atoms. The summed E-state index contributed by atoms with van der Waals surface area (Å²) in [6.45, 7) is 4.82. The van der Waals surface area contributed by atoms with Crippen molar-refractivity contribution in [3.05, 3.63) is 90.1 Å². The molecule has 0 radical (unpaired) electrons. The fourth-order valence-corrected chi connectivity index (χ4v) is 5.95. The van der Waals surface area contributed by atoms with E-state index in [-0.39, 0.29) is 23.5 Å². The molecule has 5 rings (SSSR count). The normalized spacial score (nSPS) is 14.5. The number of H-pyrrole nitrogens is 1. The van der Waals surface area contributed by atoms with Crippen molar-refractivity contribution in [3.8, 4) is 0 Å². The number of esters is 1. The molecule has 1 saturated heterocycles. The second-order valence-corrected chi connectivity index (χ2v) is 11.3. The number of carbonyl (C=O) groups excluding carboxylic acids is 2. The van der Waals surface area contributed by atoms with E-state index in [2.05, 4.69) is 19.9 Å². The molecular weight excluding hydrogens is 544 g/mol. The van der Waals surface area contributed by atoms with Crippen LogP contribution in [0.1, 0.15) is 22.8 Å². The van der Waals surface area contributed by atoms with Crippen molar-refractivity contribution in [2.45, 2.75) is 24.3 Å². The Labute approximate surface area is 238 Å². The van der Waals surface area contributed by atoms with E-state index in [9.17, 15) is 18.0 Å². The van der Waals surface area contributed by atoms with E-state index < -0.39 is 27.9 Å². The maximum atomic E-state index is 13.5. The van der Waals surface area contributed by atoms with Crippen LogP contribution in [0.5, 0.6) is 0 Å². The molecule has 1 atom stereocenters. The quantitative estimate of drug-likeness (QED) is 0.246. The van der Waals surface area contributed by atoms with Gasteiger partial charge in [0.15, 0.2) is 0 Å². The molecule has 1 fully saturated rings. The molecule has 3 aromatic carbocycles. The minimum absolute atomic E-state index is 0.0721. The van der Waals surface area contributed by atoms with E-state index in [1.165, 1.54) is 24.3 Å². The van der Waals surface area contributed by atoms with E-state index in [0.717, 1.165) is 35.2 Å². The summed E-state index contributed by atoms with van der Waals surface area (Å²) in [4.78, 5) is 30.8. The zero-order chi connectivity index (χ0) is 28.8. The van der Waals surface area contributed by atoms with E-state index in [1.807, 2.05) is 36.4 Å². The third-order valence-electron chi connectivity index (χ3n) is 6.90. The number of amides is 1. The Bertz CT molecular complexity index is 1610. The van der Waals surface area contributed by atoms with Gasteiger partial charge in [0.05, 0.1) is 30.3 Å². The summed E-state index contributed by atoms with van der Waals surface area (Å²) < 4.78 is 39.7. The molecule has 4 aromatic rings. The highest BCUT2D eigenvalue weighted by Gasteiger charge is 2.27. The molecule has 1 aliphatic rings. The Kier molecular flexibility index (Phi) is 8.67. The van der Waals surface area contributed by atoms with Crippen molar-refractivity contribution in [1.29, 1.82) is 0 Å². The van der Waals surface area contributed by atoms with Crippen LogP contribution in [-0.2, 0) is 30.7 Å². The smallest absolute Gasteiger partial charge is 0.338 e. The summed E-state index contributed by atoms with van der Waals surface area (Å²) in [5, 5.41) is 3.77. The monoisotopic (exact) mass is 576 g/mol. The zero-order valence-electron chi connectivity index (χ0n) is 22.6. The molecule has 0 bridgehead atoms. The van der Waals surface area contributed by atoms with Gasteiger partial charge in [0.25, 0.3) is 0 Å². The number of rotatable bonds is 10. The molecule has 11 heteroatoms. The van der Waals surface area contributed by atoms with Crippen LogP contribution in [0.3, 0.4) is 0 Å². The van der Waals surface area contributed by atoms with Crippen molar-refractivity contribution >= 4 is 44.2 Å². The van der Waals surface area contributed by atoms with E-state index in [0.29, 0.717) is 18.9 Å². The van der Waals surface area contributed by atoms with Crippen molar-refractivity contribution < 1.29 is 27.5 Å². The van der Waals surface area contributed by atoms with Gasteiger partial charge < -0.3 is 24.7 Å². The number of hydrogen-bond donors (Lipinski definition) is 3. The fraction of sp³-hybridized carbons (Fsp3) is 0.267. The summed E-state index contributed by atoms with van der Waals surface area (Å²) in [5.41, 5.74) is 3.49. The molecule has 0 saturated carbocycles. The molecule has 1 aromatic heterocycles.